The fourth-order valence-electron chi connectivity index (χ4n) is 6.35. The van der Waals surface area contributed by atoms with Gasteiger partial charge in [-0.15, -0.1) is 0 Å². The van der Waals surface area contributed by atoms with Crippen molar-refractivity contribution in [3.8, 4) is 5.75 Å². The molecule has 0 bridgehead atoms. The molecule has 4 heterocycles. The van der Waals surface area contributed by atoms with Crippen molar-refractivity contribution in [2.45, 2.75) is 25.3 Å². The van der Waals surface area contributed by atoms with Crippen LogP contribution in [0.3, 0.4) is 0 Å². The Labute approximate surface area is 214 Å². The summed E-state index contributed by atoms with van der Waals surface area (Å²) in [5, 5.41) is 0. The third kappa shape index (κ3) is 4.02. The van der Waals surface area contributed by atoms with Crippen molar-refractivity contribution in [3.05, 3.63) is 41.0 Å². The maximum Gasteiger partial charge on any atom is 0.227 e. The molecular formula is C26H30N6O3S. The summed E-state index contributed by atoms with van der Waals surface area (Å²) in [4.78, 5) is 36.5. The lowest BCUT2D eigenvalue weighted by Gasteiger charge is -2.47. The smallest absolute Gasteiger partial charge is 0.227 e. The van der Waals surface area contributed by atoms with Gasteiger partial charge >= 0.3 is 0 Å². The Kier molecular flexibility index (Phi) is 6.08. The summed E-state index contributed by atoms with van der Waals surface area (Å²) in [7, 11) is 3.80. The largest absolute Gasteiger partial charge is 0.496 e. The molecule has 1 amide bonds. The fourth-order valence-corrected chi connectivity index (χ4v) is 6.83. The van der Waals surface area contributed by atoms with Crippen molar-refractivity contribution in [2.75, 3.05) is 51.8 Å². The molecule has 10 heteroatoms. The molecule has 188 valence electrons. The monoisotopic (exact) mass is 506 g/mol. The summed E-state index contributed by atoms with van der Waals surface area (Å²) in [6.45, 7) is 3.67. The number of rotatable bonds is 4. The third-order valence-electron chi connectivity index (χ3n) is 8.23. The highest BCUT2D eigenvalue weighted by Gasteiger charge is 2.42. The molecule has 0 unspecified atom stereocenters. The van der Waals surface area contributed by atoms with Gasteiger partial charge in [0.05, 0.1) is 24.8 Å². The summed E-state index contributed by atoms with van der Waals surface area (Å²) in [6, 6.07) is 8.05. The molecule has 2 fully saturated rings. The van der Waals surface area contributed by atoms with Gasteiger partial charge in [0, 0.05) is 44.3 Å². The molecule has 36 heavy (non-hydrogen) atoms. The maximum absolute atomic E-state index is 13.6. The number of likely N-dealkylation sites (tertiary alicyclic amines) is 1. The highest BCUT2D eigenvalue weighted by Crippen LogP contribution is 2.41. The van der Waals surface area contributed by atoms with E-state index < -0.39 is 0 Å². The third-order valence-corrected chi connectivity index (χ3v) is 8.76. The number of nitrogens with zero attached hydrogens (tertiary/aromatic N) is 6. The van der Waals surface area contributed by atoms with Crippen molar-refractivity contribution in [1.29, 1.82) is 0 Å². The normalized spacial score (nSPS) is 24.3. The van der Waals surface area contributed by atoms with E-state index in [9.17, 15) is 9.59 Å². The Morgan fingerprint density at radius 3 is 2.69 bits per heavy atom. The molecule has 3 atom stereocenters. The second-order valence-corrected chi connectivity index (χ2v) is 10.7. The molecule has 3 aliphatic rings. The number of aromatic nitrogens is 3. The highest BCUT2D eigenvalue weighted by molar-refractivity contribution is 7.00. The molecule has 2 aromatic heterocycles. The molecule has 2 saturated heterocycles. The second-order valence-electron chi connectivity index (χ2n) is 10.1. The van der Waals surface area contributed by atoms with Gasteiger partial charge in [0.25, 0.3) is 0 Å². The van der Waals surface area contributed by atoms with E-state index in [1.807, 2.05) is 29.2 Å². The second kappa shape index (κ2) is 9.40. The Morgan fingerprint density at radius 1 is 1.08 bits per heavy atom. The zero-order valence-corrected chi connectivity index (χ0v) is 21.4. The van der Waals surface area contributed by atoms with Crippen LogP contribution in [0.1, 0.15) is 27.9 Å². The minimum Gasteiger partial charge on any atom is -0.496 e. The average Bonchev–Trinajstić information content (AvgIpc) is 3.39. The summed E-state index contributed by atoms with van der Waals surface area (Å²) < 4.78 is 14.1. The number of anilines is 1. The number of carbonyl (C=O) groups is 2. The predicted octanol–water partition coefficient (Wildman–Crippen LogP) is 2.29. The number of hydrogen-bond acceptors (Lipinski definition) is 9. The lowest BCUT2D eigenvalue weighted by Crippen LogP contribution is -2.56. The molecule has 0 radical (unpaired) electrons. The van der Waals surface area contributed by atoms with Crippen molar-refractivity contribution in [2.24, 2.45) is 11.8 Å². The van der Waals surface area contributed by atoms with Crippen LogP contribution in [0.5, 0.6) is 5.75 Å². The van der Waals surface area contributed by atoms with Gasteiger partial charge in [-0.2, -0.15) is 8.75 Å². The van der Waals surface area contributed by atoms with Crippen LogP contribution in [0.4, 0.5) is 5.82 Å². The Bertz CT molecular complexity index is 1300. The number of fused-ring (bicyclic) bond motifs is 3. The van der Waals surface area contributed by atoms with Crippen LogP contribution in [-0.2, 0) is 17.6 Å². The zero-order chi connectivity index (χ0) is 24.8. The van der Waals surface area contributed by atoms with Gasteiger partial charge in [-0.05, 0) is 67.6 Å². The SMILES string of the molecule is COc1ccc(C=O)c2c1C[C@H]1C[C@@H](C(=O)N3CCN(c4ccc5nsnc5n4)CC3)CN(C)[C@@H]1C2. The molecule has 0 N–H and O–H groups in total. The first-order valence-corrected chi connectivity index (χ1v) is 13.3. The lowest BCUT2D eigenvalue weighted by molar-refractivity contribution is -0.139. The summed E-state index contributed by atoms with van der Waals surface area (Å²) >= 11 is 1.18. The molecule has 1 aromatic carbocycles. The van der Waals surface area contributed by atoms with Crippen molar-refractivity contribution in [3.63, 3.8) is 0 Å². The van der Waals surface area contributed by atoms with Gasteiger partial charge in [0.1, 0.15) is 23.4 Å². The van der Waals surface area contributed by atoms with Crippen molar-refractivity contribution in [1.82, 2.24) is 23.5 Å². The van der Waals surface area contributed by atoms with Gasteiger partial charge in [0.2, 0.25) is 5.91 Å². The minimum absolute atomic E-state index is 0.0137. The first kappa shape index (κ1) is 23.3. The van der Waals surface area contributed by atoms with Gasteiger partial charge < -0.3 is 19.4 Å². The number of hydrogen-bond donors (Lipinski definition) is 0. The van der Waals surface area contributed by atoms with Crippen LogP contribution in [0.15, 0.2) is 24.3 Å². The molecule has 2 aliphatic heterocycles. The maximum atomic E-state index is 13.6. The van der Waals surface area contributed by atoms with E-state index in [1.54, 1.807) is 7.11 Å². The summed E-state index contributed by atoms with van der Waals surface area (Å²) in [5.41, 5.74) is 4.51. The fraction of sp³-hybridized carbons (Fsp3) is 0.500. The molecule has 0 saturated carbocycles. The lowest BCUT2D eigenvalue weighted by atomic mass is 9.71. The zero-order valence-electron chi connectivity index (χ0n) is 20.6. The Balaban J connectivity index is 1.13. The van der Waals surface area contributed by atoms with Crippen LogP contribution in [-0.4, -0.2) is 88.6 Å². The first-order chi connectivity index (χ1) is 17.6. The Morgan fingerprint density at radius 2 is 1.92 bits per heavy atom. The average molecular weight is 507 g/mol. The van der Waals surface area contributed by atoms with E-state index in [-0.39, 0.29) is 11.8 Å². The number of carbonyl (C=O) groups excluding carboxylic acids is 2. The summed E-state index contributed by atoms with van der Waals surface area (Å²) in [5.74, 6) is 2.35. The molecule has 3 aromatic rings. The quantitative estimate of drug-likeness (QED) is 0.498. The number of piperidine rings is 1. The molecule has 6 rings (SSSR count). The minimum atomic E-state index is -0.0137. The van der Waals surface area contributed by atoms with Crippen molar-refractivity contribution >= 4 is 40.9 Å². The van der Waals surface area contributed by atoms with E-state index in [0.717, 1.165) is 79.0 Å². The highest BCUT2D eigenvalue weighted by atomic mass is 32.1. The standard InChI is InChI=1S/C26H30N6O3S/c1-30-14-18(11-17-12-20-19(13-22(17)30)16(15-33)3-5-23(20)35-2)26(34)32-9-7-31(8-10-32)24-6-4-21-25(27-24)29-36-28-21/h3-6,15,17-18,22H,7-14H2,1-2H3/t17-,18-,22-/m1/s1. The number of likely N-dealkylation sites (N-methyl/N-ethyl adjacent to an activating group) is 1. The number of pyridine rings is 1. The van der Waals surface area contributed by atoms with Gasteiger partial charge in [-0.3, -0.25) is 9.59 Å². The van der Waals surface area contributed by atoms with E-state index in [2.05, 4.69) is 30.6 Å². The number of ether oxygens (including phenoxy) is 1. The van der Waals surface area contributed by atoms with E-state index in [0.29, 0.717) is 30.7 Å². The number of aldehydes is 1. The van der Waals surface area contributed by atoms with Crippen LogP contribution in [0, 0.1) is 11.8 Å². The first-order valence-electron chi connectivity index (χ1n) is 12.5. The van der Waals surface area contributed by atoms with Crippen LogP contribution in [0.25, 0.3) is 11.2 Å². The van der Waals surface area contributed by atoms with Crippen LogP contribution < -0.4 is 9.64 Å². The van der Waals surface area contributed by atoms with Crippen LogP contribution >= 0.6 is 11.7 Å². The van der Waals surface area contributed by atoms with Gasteiger partial charge in [0.15, 0.2) is 5.65 Å². The van der Waals surface area contributed by atoms with Crippen molar-refractivity contribution < 1.29 is 14.3 Å². The van der Waals surface area contributed by atoms with E-state index in [4.69, 9.17) is 4.74 Å². The number of benzene rings is 1. The number of amides is 1. The molecule has 0 spiro atoms. The van der Waals surface area contributed by atoms with Crippen LogP contribution in [0.2, 0.25) is 0 Å². The topological polar surface area (TPSA) is 91.8 Å². The predicted molar refractivity (Wildman–Crippen MR) is 138 cm³/mol. The van der Waals surface area contributed by atoms with Gasteiger partial charge in [-0.25, -0.2) is 4.98 Å². The molecule has 9 nitrogen and oxygen atoms in total. The van der Waals surface area contributed by atoms with E-state index in [1.165, 1.54) is 11.7 Å². The summed E-state index contributed by atoms with van der Waals surface area (Å²) in [6.07, 6.45) is 3.49. The molecular weight excluding hydrogens is 476 g/mol. The Hall–Kier alpha value is -3.11. The molecule has 1 aliphatic carbocycles. The van der Waals surface area contributed by atoms with E-state index >= 15 is 0 Å². The number of methoxy groups -OCH3 is 1. The number of piperazine rings is 1. The van der Waals surface area contributed by atoms with Gasteiger partial charge in [-0.1, -0.05) is 0 Å².